The molecule has 19 heavy (non-hydrogen) atoms. The molecule has 1 aromatic carbocycles. The number of para-hydroxylation sites is 1. The van der Waals surface area contributed by atoms with Gasteiger partial charge in [-0.2, -0.15) is 0 Å². The predicted octanol–water partition coefficient (Wildman–Crippen LogP) is 0.423. The van der Waals surface area contributed by atoms with Crippen LogP contribution in [-0.4, -0.2) is 31.4 Å². The van der Waals surface area contributed by atoms with E-state index >= 15 is 0 Å². The van der Waals surface area contributed by atoms with Gasteiger partial charge in [-0.3, -0.25) is 9.59 Å². The van der Waals surface area contributed by atoms with E-state index in [9.17, 15) is 9.59 Å². The van der Waals surface area contributed by atoms with Gasteiger partial charge in [0.05, 0.1) is 5.92 Å². The largest absolute Gasteiger partial charge is 0.355 e. The summed E-state index contributed by atoms with van der Waals surface area (Å²) in [6.45, 7) is 3.27. The number of nitrogens with zero attached hydrogens (tertiary/aromatic N) is 1. The van der Waals surface area contributed by atoms with Gasteiger partial charge in [-0.05, 0) is 18.6 Å². The fourth-order valence-electron chi connectivity index (χ4n) is 2.32. The molecule has 1 fully saturated rings. The molecule has 1 atom stereocenters. The van der Waals surface area contributed by atoms with Crippen molar-refractivity contribution in [2.75, 3.05) is 24.5 Å². The quantitative estimate of drug-likeness (QED) is 0.825. The molecular formula is C14H19N3O2. The Morgan fingerprint density at radius 1 is 1.47 bits per heavy atom. The van der Waals surface area contributed by atoms with Crippen molar-refractivity contribution in [1.29, 1.82) is 0 Å². The van der Waals surface area contributed by atoms with Crippen LogP contribution in [0.25, 0.3) is 0 Å². The molecule has 2 amide bonds. The van der Waals surface area contributed by atoms with Crippen LogP contribution >= 0.6 is 0 Å². The molecule has 1 heterocycles. The van der Waals surface area contributed by atoms with E-state index in [2.05, 4.69) is 5.32 Å². The SMILES string of the molecule is Cc1ccccc1N1CC(C(=O)NCCN)CC1=O. The van der Waals surface area contributed by atoms with E-state index in [1.54, 1.807) is 4.90 Å². The summed E-state index contributed by atoms with van der Waals surface area (Å²) in [4.78, 5) is 25.6. The van der Waals surface area contributed by atoms with Gasteiger partial charge in [-0.25, -0.2) is 0 Å². The van der Waals surface area contributed by atoms with Crippen LogP contribution in [0.15, 0.2) is 24.3 Å². The molecule has 0 bridgehead atoms. The molecule has 102 valence electrons. The zero-order valence-corrected chi connectivity index (χ0v) is 11.1. The van der Waals surface area contributed by atoms with Crippen LogP contribution in [0.1, 0.15) is 12.0 Å². The number of carbonyl (C=O) groups is 2. The van der Waals surface area contributed by atoms with Gasteiger partial charge in [-0.15, -0.1) is 0 Å². The minimum atomic E-state index is -0.279. The monoisotopic (exact) mass is 261 g/mol. The molecule has 5 nitrogen and oxygen atoms in total. The van der Waals surface area contributed by atoms with Crippen LogP contribution in [0.4, 0.5) is 5.69 Å². The van der Waals surface area contributed by atoms with Gasteiger partial charge < -0.3 is 16.0 Å². The van der Waals surface area contributed by atoms with E-state index in [-0.39, 0.29) is 24.2 Å². The van der Waals surface area contributed by atoms with Crippen molar-refractivity contribution in [3.8, 4) is 0 Å². The molecule has 2 rings (SSSR count). The molecule has 0 saturated carbocycles. The van der Waals surface area contributed by atoms with Crippen LogP contribution in [0.2, 0.25) is 0 Å². The van der Waals surface area contributed by atoms with Crippen LogP contribution in [0.5, 0.6) is 0 Å². The van der Waals surface area contributed by atoms with Crippen LogP contribution in [0.3, 0.4) is 0 Å². The summed E-state index contributed by atoms with van der Waals surface area (Å²) in [7, 11) is 0. The summed E-state index contributed by atoms with van der Waals surface area (Å²) in [6.07, 6.45) is 0.269. The maximum Gasteiger partial charge on any atom is 0.227 e. The molecule has 1 saturated heterocycles. The van der Waals surface area contributed by atoms with E-state index in [1.807, 2.05) is 31.2 Å². The number of carbonyl (C=O) groups excluding carboxylic acids is 2. The molecule has 3 N–H and O–H groups in total. The molecule has 1 unspecified atom stereocenters. The minimum Gasteiger partial charge on any atom is -0.355 e. The summed E-state index contributed by atoms with van der Waals surface area (Å²) in [5.74, 6) is -0.365. The van der Waals surface area contributed by atoms with Crippen LogP contribution in [-0.2, 0) is 9.59 Å². The van der Waals surface area contributed by atoms with Crippen LogP contribution < -0.4 is 16.0 Å². The van der Waals surface area contributed by atoms with Crippen LogP contribution in [0, 0.1) is 12.8 Å². The molecule has 0 spiro atoms. The van der Waals surface area contributed by atoms with Crippen molar-refractivity contribution in [2.45, 2.75) is 13.3 Å². The lowest BCUT2D eigenvalue weighted by Crippen LogP contribution is -2.35. The minimum absolute atomic E-state index is 0.00204. The average Bonchev–Trinajstić information content (AvgIpc) is 2.78. The highest BCUT2D eigenvalue weighted by Gasteiger charge is 2.35. The average molecular weight is 261 g/mol. The summed E-state index contributed by atoms with van der Waals surface area (Å²) in [5.41, 5.74) is 7.28. The number of nitrogens with two attached hydrogens (primary N) is 1. The van der Waals surface area contributed by atoms with Crippen molar-refractivity contribution in [3.05, 3.63) is 29.8 Å². The second kappa shape index (κ2) is 5.84. The Labute approximate surface area is 112 Å². The number of hydrogen-bond acceptors (Lipinski definition) is 3. The highest BCUT2D eigenvalue weighted by Crippen LogP contribution is 2.27. The first-order valence-corrected chi connectivity index (χ1v) is 6.47. The van der Waals surface area contributed by atoms with Crippen molar-refractivity contribution in [2.24, 2.45) is 11.7 Å². The van der Waals surface area contributed by atoms with E-state index in [4.69, 9.17) is 5.73 Å². The van der Waals surface area contributed by atoms with E-state index in [0.717, 1.165) is 11.3 Å². The summed E-state index contributed by atoms with van der Waals surface area (Å²) in [5, 5.41) is 2.74. The Morgan fingerprint density at radius 3 is 2.89 bits per heavy atom. The fourth-order valence-corrected chi connectivity index (χ4v) is 2.32. The normalized spacial score (nSPS) is 18.7. The fraction of sp³-hybridized carbons (Fsp3) is 0.429. The zero-order chi connectivity index (χ0) is 13.8. The summed E-state index contributed by atoms with van der Waals surface area (Å²) < 4.78 is 0. The lowest BCUT2D eigenvalue weighted by atomic mass is 10.1. The number of aryl methyl sites for hydroxylation is 1. The predicted molar refractivity (Wildman–Crippen MR) is 73.7 cm³/mol. The third kappa shape index (κ3) is 2.93. The molecular weight excluding hydrogens is 242 g/mol. The Balaban J connectivity index is 2.08. The first-order valence-electron chi connectivity index (χ1n) is 6.47. The third-order valence-electron chi connectivity index (χ3n) is 3.35. The smallest absolute Gasteiger partial charge is 0.227 e. The Morgan fingerprint density at radius 2 is 2.21 bits per heavy atom. The second-order valence-electron chi connectivity index (χ2n) is 4.77. The van der Waals surface area contributed by atoms with Crippen molar-refractivity contribution < 1.29 is 9.59 Å². The van der Waals surface area contributed by atoms with E-state index < -0.39 is 0 Å². The number of nitrogens with one attached hydrogen (secondary N) is 1. The zero-order valence-electron chi connectivity index (χ0n) is 11.1. The molecule has 0 aliphatic carbocycles. The molecule has 1 aliphatic heterocycles. The Bertz CT molecular complexity index is 487. The summed E-state index contributed by atoms with van der Waals surface area (Å²) in [6, 6.07) is 7.71. The maximum atomic E-state index is 12.0. The molecule has 1 aliphatic rings. The van der Waals surface area contributed by atoms with Gasteiger partial charge in [0.15, 0.2) is 0 Å². The first kappa shape index (κ1) is 13.5. The lowest BCUT2D eigenvalue weighted by Gasteiger charge is -2.18. The van der Waals surface area contributed by atoms with E-state index in [0.29, 0.717) is 19.6 Å². The van der Waals surface area contributed by atoms with Gasteiger partial charge in [0.2, 0.25) is 11.8 Å². The molecule has 0 radical (unpaired) electrons. The number of amides is 2. The first-order chi connectivity index (χ1) is 9.13. The van der Waals surface area contributed by atoms with Gasteiger partial charge in [0, 0.05) is 31.7 Å². The topological polar surface area (TPSA) is 75.4 Å². The second-order valence-corrected chi connectivity index (χ2v) is 4.77. The third-order valence-corrected chi connectivity index (χ3v) is 3.35. The Kier molecular flexibility index (Phi) is 4.16. The highest BCUT2D eigenvalue weighted by atomic mass is 16.2. The summed E-state index contributed by atoms with van der Waals surface area (Å²) >= 11 is 0. The Hall–Kier alpha value is -1.88. The number of benzene rings is 1. The standard InChI is InChI=1S/C14H19N3O2/c1-10-4-2-3-5-12(10)17-9-11(8-13(17)18)14(19)16-7-6-15/h2-5,11H,6-9,15H2,1H3,(H,16,19). The van der Waals surface area contributed by atoms with Gasteiger partial charge in [0.25, 0.3) is 0 Å². The number of hydrogen-bond donors (Lipinski definition) is 2. The van der Waals surface area contributed by atoms with E-state index in [1.165, 1.54) is 0 Å². The number of rotatable bonds is 4. The van der Waals surface area contributed by atoms with Gasteiger partial charge >= 0.3 is 0 Å². The lowest BCUT2D eigenvalue weighted by molar-refractivity contribution is -0.126. The maximum absolute atomic E-state index is 12.0. The van der Waals surface area contributed by atoms with Crippen molar-refractivity contribution >= 4 is 17.5 Å². The number of anilines is 1. The van der Waals surface area contributed by atoms with Crippen molar-refractivity contribution in [1.82, 2.24) is 5.32 Å². The van der Waals surface area contributed by atoms with Gasteiger partial charge in [0.1, 0.15) is 0 Å². The van der Waals surface area contributed by atoms with Gasteiger partial charge in [-0.1, -0.05) is 18.2 Å². The van der Waals surface area contributed by atoms with Crippen molar-refractivity contribution in [3.63, 3.8) is 0 Å². The molecule has 1 aromatic rings. The highest BCUT2D eigenvalue weighted by molar-refractivity contribution is 6.00. The molecule has 5 heteroatoms. The molecule has 0 aromatic heterocycles.